The normalized spacial score (nSPS) is 17.2. The zero-order valence-electron chi connectivity index (χ0n) is 9.26. The average Bonchev–Trinajstić information content (AvgIpc) is 2.28. The lowest BCUT2D eigenvalue weighted by molar-refractivity contribution is 0.570. The van der Waals surface area contributed by atoms with Crippen molar-refractivity contribution >= 4 is 27.3 Å². The number of nitrogens with two attached hydrogens (primary N) is 1. The third-order valence-electron chi connectivity index (χ3n) is 2.82. The third-order valence-corrected chi connectivity index (χ3v) is 4.01. The first-order chi connectivity index (χ1) is 8.00. The number of anilines is 1. The molecule has 0 saturated carbocycles. The molecule has 1 aliphatic heterocycles. The predicted octanol–water partition coefficient (Wildman–Crippen LogP) is 1.37. The minimum atomic E-state index is -3.79. The summed E-state index contributed by atoms with van der Waals surface area (Å²) in [6.07, 6.45) is 5.92. The summed E-state index contributed by atoms with van der Waals surface area (Å²) >= 11 is 6.04. The molecule has 1 aliphatic rings. The first-order valence-corrected chi connectivity index (χ1v) is 7.34. The zero-order valence-corrected chi connectivity index (χ0v) is 10.8. The standard InChI is InChI=1S/C10H14ClN3O2S/c11-8-6-13-7-9(17(12,15)16)10(8)14-4-2-1-3-5-14/h6-7H,1-5H2,(H2,12,15,16). The van der Waals surface area contributed by atoms with Gasteiger partial charge in [0.25, 0.3) is 0 Å². The number of nitrogens with zero attached hydrogens (tertiary/aromatic N) is 2. The Morgan fingerprint density at radius 3 is 2.47 bits per heavy atom. The highest BCUT2D eigenvalue weighted by atomic mass is 35.5. The van der Waals surface area contributed by atoms with Crippen molar-refractivity contribution in [1.29, 1.82) is 0 Å². The van der Waals surface area contributed by atoms with Crippen molar-refractivity contribution in [2.45, 2.75) is 24.2 Å². The van der Waals surface area contributed by atoms with E-state index in [1.54, 1.807) is 0 Å². The third kappa shape index (κ3) is 2.70. The van der Waals surface area contributed by atoms with Gasteiger partial charge in [-0.1, -0.05) is 11.6 Å². The van der Waals surface area contributed by atoms with Crippen LogP contribution in [0.3, 0.4) is 0 Å². The van der Waals surface area contributed by atoms with E-state index >= 15 is 0 Å². The molecule has 0 bridgehead atoms. The number of primary sulfonamides is 1. The number of sulfonamides is 1. The number of aromatic nitrogens is 1. The first-order valence-electron chi connectivity index (χ1n) is 5.41. The Kier molecular flexibility index (Phi) is 3.56. The van der Waals surface area contributed by atoms with Crippen LogP contribution < -0.4 is 10.0 Å². The second-order valence-corrected chi connectivity index (χ2v) is 6.00. The van der Waals surface area contributed by atoms with E-state index in [2.05, 4.69) is 4.98 Å². The van der Waals surface area contributed by atoms with E-state index in [-0.39, 0.29) is 4.90 Å². The monoisotopic (exact) mass is 275 g/mol. The second-order valence-electron chi connectivity index (χ2n) is 4.06. The topological polar surface area (TPSA) is 76.3 Å². The van der Waals surface area contributed by atoms with E-state index < -0.39 is 10.0 Å². The molecule has 2 heterocycles. The summed E-state index contributed by atoms with van der Waals surface area (Å²) in [5.74, 6) is 0. The summed E-state index contributed by atoms with van der Waals surface area (Å²) in [6.45, 7) is 1.60. The minimum absolute atomic E-state index is 0.00639. The van der Waals surface area contributed by atoms with E-state index in [4.69, 9.17) is 16.7 Å². The highest BCUT2D eigenvalue weighted by Crippen LogP contribution is 2.33. The van der Waals surface area contributed by atoms with Gasteiger partial charge >= 0.3 is 0 Å². The molecular formula is C10H14ClN3O2S. The van der Waals surface area contributed by atoms with E-state index in [1.807, 2.05) is 4.90 Å². The molecule has 0 unspecified atom stereocenters. The average molecular weight is 276 g/mol. The summed E-state index contributed by atoms with van der Waals surface area (Å²) in [7, 11) is -3.79. The quantitative estimate of drug-likeness (QED) is 0.884. The summed E-state index contributed by atoms with van der Waals surface area (Å²) < 4.78 is 23.0. The fraction of sp³-hybridized carbons (Fsp3) is 0.500. The van der Waals surface area contributed by atoms with Gasteiger partial charge in [0.2, 0.25) is 10.0 Å². The lowest BCUT2D eigenvalue weighted by atomic mass is 10.1. The van der Waals surface area contributed by atoms with E-state index in [0.717, 1.165) is 32.4 Å². The van der Waals surface area contributed by atoms with Gasteiger partial charge in [0.1, 0.15) is 4.90 Å². The maximum atomic E-state index is 11.5. The molecule has 0 amide bonds. The molecular weight excluding hydrogens is 262 g/mol. The number of hydrogen-bond acceptors (Lipinski definition) is 4. The molecule has 94 valence electrons. The molecule has 7 heteroatoms. The van der Waals surface area contributed by atoms with Crippen LogP contribution in [0.15, 0.2) is 17.3 Å². The highest BCUT2D eigenvalue weighted by molar-refractivity contribution is 7.89. The molecule has 1 fully saturated rings. The fourth-order valence-corrected chi connectivity index (χ4v) is 3.09. The first kappa shape index (κ1) is 12.6. The van der Waals surface area contributed by atoms with Gasteiger partial charge in [-0.3, -0.25) is 4.98 Å². The van der Waals surface area contributed by atoms with Gasteiger partial charge in [-0.15, -0.1) is 0 Å². The van der Waals surface area contributed by atoms with E-state index in [1.165, 1.54) is 12.4 Å². The van der Waals surface area contributed by atoms with Crippen LogP contribution in [0.4, 0.5) is 5.69 Å². The maximum Gasteiger partial charge on any atom is 0.241 e. The molecule has 0 atom stereocenters. The largest absolute Gasteiger partial charge is 0.369 e. The van der Waals surface area contributed by atoms with Crippen LogP contribution in [0.25, 0.3) is 0 Å². The molecule has 0 radical (unpaired) electrons. The molecule has 0 aliphatic carbocycles. The SMILES string of the molecule is NS(=O)(=O)c1cncc(Cl)c1N1CCCCC1. The Morgan fingerprint density at radius 2 is 1.88 bits per heavy atom. The maximum absolute atomic E-state index is 11.5. The van der Waals surface area contributed by atoms with Crippen LogP contribution in [-0.2, 0) is 10.0 Å². The number of pyridine rings is 1. The summed E-state index contributed by atoms with van der Waals surface area (Å²) in [4.78, 5) is 5.76. The molecule has 5 nitrogen and oxygen atoms in total. The van der Waals surface area contributed by atoms with E-state index in [9.17, 15) is 8.42 Å². The number of halogens is 1. The van der Waals surface area contributed by atoms with Gasteiger partial charge in [0, 0.05) is 25.5 Å². The van der Waals surface area contributed by atoms with Crippen molar-refractivity contribution in [3.05, 3.63) is 17.4 Å². The second kappa shape index (κ2) is 4.80. The Morgan fingerprint density at radius 1 is 1.24 bits per heavy atom. The van der Waals surface area contributed by atoms with Gasteiger partial charge in [0.15, 0.2) is 0 Å². The van der Waals surface area contributed by atoms with Gasteiger partial charge in [-0.05, 0) is 19.3 Å². The molecule has 2 N–H and O–H groups in total. The Hall–Kier alpha value is -0.850. The molecule has 1 aromatic heterocycles. The zero-order chi connectivity index (χ0) is 12.5. The molecule has 2 rings (SSSR count). The van der Waals surface area contributed by atoms with Crippen LogP contribution in [0.2, 0.25) is 5.02 Å². The summed E-state index contributed by atoms with van der Waals surface area (Å²) in [6, 6.07) is 0. The van der Waals surface area contributed by atoms with Crippen LogP contribution in [0, 0.1) is 0 Å². The summed E-state index contributed by atoms with van der Waals surface area (Å²) in [5, 5.41) is 5.51. The van der Waals surface area contributed by atoms with Crippen LogP contribution in [-0.4, -0.2) is 26.5 Å². The van der Waals surface area contributed by atoms with Crippen molar-refractivity contribution in [1.82, 2.24) is 4.98 Å². The van der Waals surface area contributed by atoms with Crippen LogP contribution in [0.1, 0.15) is 19.3 Å². The number of piperidine rings is 1. The van der Waals surface area contributed by atoms with Gasteiger partial charge < -0.3 is 4.90 Å². The number of rotatable bonds is 2. The molecule has 0 aromatic carbocycles. The van der Waals surface area contributed by atoms with Crippen molar-refractivity contribution in [3.63, 3.8) is 0 Å². The molecule has 1 saturated heterocycles. The van der Waals surface area contributed by atoms with E-state index in [0.29, 0.717) is 10.7 Å². The fourth-order valence-electron chi connectivity index (χ4n) is 2.04. The minimum Gasteiger partial charge on any atom is -0.369 e. The summed E-state index contributed by atoms with van der Waals surface area (Å²) in [5.41, 5.74) is 0.490. The van der Waals surface area contributed by atoms with Crippen LogP contribution in [0.5, 0.6) is 0 Å². The Balaban J connectivity index is 2.50. The smallest absolute Gasteiger partial charge is 0.241 e. The van der Waals surface area contributed by atoms with Gasteiger partial charge in [0.05, 0.1) is 10.7 Å². The van der Waals surface area contributed by atoms with Crippen LogP contribution >= 0.6 is 11.6 Å². The predicted molar refractivity (Wildman–Crippen MR) is 66.7 cm³/mol. The molecule has 17 heavy (non-hydrogen) atoms. The van der Waals surface area contributed by atoms with Crippen molar-refractivity contribution in [2.24, 2.45) is 5.14 Å². The lowest BCUT2D eigenvalue weighted by Gasteiger charge is -2.30. The van der Waals surface area contributed by atoms with Gasteiger partial charge in [-0.2, -0.15) is 0 Å². The Labute approximate surface area is 106 Å². The highest BCUT2D eigenvalue weighted by Gasteiger charge is 2.23. The molecule has 1 aromatic rings. The van der Waals surface area contributed by atoms with Crippen molar-refractivity contribution in [3.8, 4) is 0 Å². The van der Waals surface area contributed by atoms with Crippen molar-refractivity contribution in [2.75, 3.05) is 18.0 Å². The molecule has 0 spiro atoms. The van der Waals surface area contributed by atoms with Gasteiger partial charge in [-0.25, -0.2) is 13.6 Å². The lowest BCUT2D eigenvalue weighted by Crippen LogP contribution is -2.31. The van der Waals surface area contributed by atoms with Crippen molar-refractivity contribution < 1.29 is 8.42 Å². The number of hydrogen-bond donors (Lipinski definition) is 1. The Bertz CT molecular complexity index is 512.